The molecule has 1 unspecified atom stereocenters. The molecule has 0 saturated heterocycles. The van der Waals surface area contributed by atoms with E-state index >= 15 is 0 Å². The Kier molecular flexibility index (Phi) is 4.63. The molecular weight excluding hydrogens is 263 g/mol. The molecule has 3 heteroatoms. The van der Waals surface area contributed by atoms with Crippen molar-refractivity contribution >= 4 is 11.4 Å². The SMILES string of the molecule is CCN(c1ccc(C)cc1)c1cc(C)c(F)cc1C(C)N. The van der Waals surface area contributed by atoms with Crippen LogP contribution in [0.3, 0.4) is 0 Å². The number of halogens is 1. The molecule has 0 spiro atoms. The molecule has 0 radical (unpaired) electrons. The predicted octanol–water partition coefficient (Wildman–Crippen LogP) is 4.62. The van der Waals surface area contributed by atoms with Crippen LogP contribution in [0, 0.1) is 19.7 Å². The summed E-state index contributed by atoms with van der Waals surface area (Å²) in [5, 5.41) is 0. The van der Waals surface area contributed by atoms with Crippen LogP contribution in [0.5, 0.6) is 0 Å². The molecule has 2 nitrogen and oxygen atoms in total. The van der Waals surface area contributed by atoms with Crippen LogP contribution in [0.2, 0.25) is 0 Å². The molecule has 21 heavy (non-hydrogen) atoms. The molecule has 2 aromatic carbocycles. The fourth-order valence-corrected chi connectivity index (χ4v) is 2.50. The molecule has 0 bridgehead atoms. The van der Waals surface area contributed by atoms with Crippen LogP contribution in [-0.2, 0) is 0 Å². The summed E-state index contributed by atoms with van der Waals surface area (Å²) in [5.41, 5.74) is 10.8. The Bertz CT molecular complexity index is 618. The van der Waals surface area contributed by atoms with Crippen LogP contribution in [0.15, 0.2) is 36.4 Å². The fourth-order valence-electron chi connectivity index (χ4n) is 2.50. The van der Waals surface area contributed by atoms with Gasteiger partial charge in [0.05, 0.1) is 0 Å². The summed E-state index contributed by atoms with van der Waals surface area (Å²) in [5.74, 6) is -0.203. The van der Waals surface area contributed by atoms with Crippen LogP contribution in [0.4, 0.5) is 15.8 Å². The first kappa shape index (κ1) is 15.5. The van der Waals surface area contributed by atoms with Crippen molar-refractivity contribution in [3.63, 3.8) is 0 Å². The molecule has 0 amide bonds. The monoisotopic (exact) mass is 286 g/mol. The molecule has 0 fully saturated rings. The molecule has 0 aromatic heterocycles. The first-order valence-electron chi connectivity index (χ1n) is 7.33. The quantitative estimate of drug-likeness (QED) is 0.888. The van der Waals surface area contributed by atoms with Crippen LogP contribution in [0.25, 0.3) is 0 Å². The zero-order chi connectivity index (χ0) is 15.6. The lowest BCUT2D eigenvalue weighted by Crippen LogP contribution is -2.20. The van der Waals surface area contributed by atoms with Crippen LogP contribution >= 0.6 is 0 Å². The zero-order valence-corrected chi connectivity index (χ0v) is 13.2. The Balaban J connectivity index is 2.56. The summed E-state index contributed by atoms with van der Waals surface area (Å²) in [6.45, 7) is 8.62. The third kappa shape index (κ3) is 3.24. The van der Waals surface area contributed by atoms with Gasteiger partial charge in [-0.1, -0.05) is 17.7 Å². The van der Waals surface area contributed by atoms with E-state index < -0.39 is 0 Å². The summed E-state index contributed by atoms with van der Waals surface area (Å²) >= 11 is 0. The third-order valence-corrected chi connectivity index (χ3v) is 3.75. The maximum atomic E-state index is 13.9. The Morgan fingerprint density at radius 2 is 1.76 bits per heavy atom. The second-order valence-corrected chi connectivity index (χ2v) is 5.53. The number of anilines is 2. The molecule has 2 aromatic rings. The molecule has 1 atom stereocenters. The molecule has 0 heterocycles. The van der Waals surface area contributed by atoms with E-state index in [1.807, 2.05) is 13.0 Å². The third-order valence-electron chi connectivity index (χ3n) is 3.75. The maximum absolute atomic E-state index is 13.9. The number of nitrogens with zero attached hydrogens (tertiary/aromatic N) is 1. The highest BCUT2D eigenvalue weighted by atomic mass is 19.1. The van der Waals surface area contributed by atoms with E-state index in [2.05, 4.69) is 43.0 Å². The van der Waals surface area contributed by atoms with E-state index in [1.54, 1.807) is 13.0 Å². The lowest BCUT2D eigenvalue weighted by molar-refractivity contribution is 0.613. The normalized spacial score (nSPS) is 12.3. The molecule has 0 saturated carbocycles. The number of hydrogen-bond acceptors (Lipinski definition) is 2. The summed E-state index contributed by atoms with van der Waals surface area (Å²) < 4.78 is 13.9. The van der Waals surface area contributed by atoms with Gasteiger partial charge in [0.15, 0.2) is 0 Å². The topological polar surface area (TPSA) is 29.3 Å². The summed E-state index contributed by atoms with van der Waals surface area (Å²) in [7, 11) is 0. The van der Waals surface area contributed by atoms with Crippen molar-refractivity contribution in [2.24, 2.45) is 5.73 Å². The Hall–Kier alpha value is -1.87. The minimum Gasteiger partial charge on any atom is -0.341 e. The average Bonchev–Trinajstić information content (AvgIpc) is 2.45. The lowest BCUT2D eigenvalue weighted by Gasteiger charge is -2.28. The summed E-state index contributed by atoms with van der Waals surface area (Å²) in [6.07, 6.45) is 0. The van der Waals surface area contributed by atoms with Gasteiger partial charge < -0.3 is 10.6 Å². The van der Waals surface area contributed by atoms with E-state index in [0.29, 0.717) is 5.56 Å². The van der Waals surface area contributed by atoms with Gasteiger partial charge in [0.2, 0.25) is 0 Å². The van der Waals surface area contributed by atoms with Crippen molar-refractivity contribution < 1.29 is 4.39 Å². The van der Waals surface area contributed by atoms with Crippen LogP contribution in [0.1, 0.15) is 36.6 Å². The highest BCUT2D eigenvalue weighted by molar-refractivity contribution is 5.68. The van der Waals surface area contributed by atoms with Gasteiger partial charge in [0, 0.05) is 24.0 Å². The van der Waals surface area contributed by atoms with Gasteiger partial charge in [-0.05, 0) is 63.1 Å². The van der Waals surface area contributed by atoms with Gasteiger partial charge in [0.25, 0.3) is 0 Å². The molecule has 2 N–H and O–H groups in total. The number of nitrogens with two attached hydrogens (primary N) is 1. The van der Waals surface area contributed by atoms with Crippen molar-refractivity contribution in [3.8, 4) is 0 Å². The first-order chi connectivity index (χ1) is 9.93. The molecule has 0 aliphatic carbocycles. The van der Waals surface area contributed by atoms with Crippen molar-refractivity contribution in [3.05, 3.63) is 58.9 Å². The number of benzene rings is 2. The largest absolute Gasteiger partial charge is 0.341 e. The number of hydrogen-bond donors (Lipinski definition) is 1. The second-order valence-electron chi connectivity index (χ2n) is 5.53. The lowest BCUT2D eigenvalue weighted by atomic mass is 10.0. The van der Waals surface area contributed by atoms with Gasteiger partial charge in [-0.3, -0.25) is 0 Å². The predicted molar refractivity (Wildman–Crippen MR) is 87.6 cm³/mol. The van der Waals surface area contributed by atoms with Gasteiger partial charge in [-0.15, -0.1) is 0 Å². The standard InChI is InChI=1S/C18H23FN2/c1-5-21(15-8-6-12(2)7-9-15)18-10-13(3)17(19)11-16(18)14(4)20/h6-11,14H,5,20H2,1-4H3. The van der Waals surface area contributed by atoms with E-state index in [1.165, 1.54) is 5.56 Å². The van der Waals surface area contributed by atoms with Crippen molar-refractivity contribution in [2.45, 2.75) is 33.7 Å². The maximum Gasteiger partial charge on any atom is 0.126 e. The highest BCUT2D eigenvalue weighted by Crippen LogP contribution is 2.33. The van der Waals surface area contributed by atoms with Crippen molar-refractivity contribution in [1.82, 2.24) is 0 Å². The minimum absolute atomic E-state index is 0.203. The summed E-state index contributed by atoms with van der Waals surface area (Å²) in [4.78, 5) is 2.17. The first-order valence-corrected chi connectivity index (χ1v) is 7.33. The molecule has 2 rings (SSSR count). The van der Waals surface area contributed by atoms with Crippen LogP contribution in [-0.4, -0.2) is 6.54 Å². The fraction of sp³-hybridized carbons (Fsp3) is 0.333. The van der Waals surface area contributed by atoms with Crippen LogP contribution < -0.4 is 10.6 Å². The van der Waals surface area contributed by atoms with Crippen molar-refractivity contribution in [1.29, 1.82) is 0 Å². The molecule has 0 aliphatic heterocycles. The van der Waals surface area contributed by atoms with Gasteiger partial charge in [-0.25, -0.2) is 4.39 Å². The summed E-state index contributed by atoms with van der Waals surface area (Å²) in [6, 6.07) is 11.6. The minimum atomic E-state index is -0.213. The molecule has 112 valence electrons. The zero-order valence-electron chi connectivity index (χ0n) is 13.2. The second kappa shape index (κ2) is 6.27. The highest BCUT2D eigenvalue weighted by Gasteiger charge is 2.16. The Morgan fingerprint density at radius 1 is 1.14 bits per heavy atom. The van der Waals surface area contributed by atoms with Gasteiger partial charge in [0.1, 0.15) is 5.82 Å². The molecular formula is C18H23FN2. The van der Waals surface area contributed by atoms with E-state index in [0.717, 1.165) is 23.5 Å². The smallest absolute Gasteiger partial charge is 0.126 e. The van der Waals surface area contributed by atoms with Crippen molar-refractivity contribution in [2.75, 3.05) is 11.4 Å². The van der Waals surface area contributed by atoms with Gasteiger partial charge >= 0.3 is 0 Å². The average molecular weight is 286 g/mol. The Morgan fingerprint density at radius 3 is 2.29 bits per heavy atom. The van der Waals surface area contributed by atoms with E-state index in [4.69, 9.17) is 5.73 Å². The van der Waals surface area contributed by atoms with E-state index in [-0.39, 0.29) is 11.9 Å². The Labute approximate surface area is 126 Å². The van der Waals surface area contributed by atoms with E-state index in [9.17, 15) is 4.39 Å². The number of rotatable bonds is 4. The number of aryl methyl sites for hydroxylation is 2. The molecule has 0 aliphatic rings. The van der Waals surface area contributed by atoms with Gasteiger partial charge in [-0.2, -0.15) is 0 Å².